The van der Waals surface area contributed by atoms with Crippen LogP contribution in [0.3, 0.4) is 0 Å². The number of benzene rings is 2. The molecule has 2 N–H and O–H groups in total. The van der Waals surface area contributed by atoms with Crippen molar-refractivity contribution < 1.29 is 22.8 Å². The molecule has 0 spiro atoms. The molecule has 3 amide bonds. The third kappa shape index (κ3) is 5.20. The molecule has 0 bridgehead atoms. The van der Waals surface area contributed by atoms with Crippen molar-refractivity contribution in [3.63, 3.8) is 0 Å². The number of likely N-dealkylation sites (tertiary alicyclic amines) is 1. The topological polar surface area (TPSA) is 113 Å². The van der Waals surface area contributed by atoms with Crippen LogP contribution in [0.15, 0.2) is 59.5 Å². The van der Waals surface area contributed by atoms with Crippen molar-refractivity contribution in [3.8, 4) is 0 Å². The van der Waals surface area contributed by atoms with Crippen molar-refractivity contribution in [2.45, 2.75) is 24.2 Å². The smallest absolute Gasteiger partial charge is 0.261 e. The number of anilines is 1. The number of carbonyl (C=O) groups excluding carboxylic acids is 3. The summed E-state index contributed by atoms with van der Waals surface area (Å²) in [6.45, 7) is 0.575. The summed E-state index contributed by atoms with van der Waals surface area (Å²) >= 11 is 0. The lowest BCUT2D eigenvalue weighted by molar-refractivity contribution is -0.138. The Balaban J connectivity index is 1.52. The Morgan fingerprint density at radius 2 is 1.55 bits per heavy atom. The standard InChI is InChI=1S/C20H21N3O5S/c24-18-11-12-19(25)23(18)14-4-13-21-20(26)15-7-9-17(10-8-15)29(27,28)22-16-5-2-1-3-6-16/h1-3,5-10,22H,4,11-14H2,(H,21,26). The molecular weight excluding hydrogens is 394 g/mol. The number of para-hydroxylation sites is 1. The van der Waals surface area contributed by atoms with E-state index in [0.29, 0.717) is 24.2 Å². The zero-order valence-electron chi connectivity index (χ0n) is 15.6. The van der Waals surface area contributed by atoms with Crippen molar-refractivity contribution in [3.05, 3.63) is 60.2 Å². The second-order valence-electron chi connectivity index (χ2n) is 6.54. The van der Waals surface area contributed by atoms with Gasteiger partial charge in [-0.05, 0) is 42.8 Å². The number of carbonyl (C=O) groups is 3. The monoisotopic (exact) mass is 415 g/mol. The average Bonchev–Trinajstić information content (AvgIpc) is 3.03. The number of nitrogens with zero attached hydrogens (tertiary/aromatic N) is 1. The molecule has 8 nitrogen and oxygen atoms in total. The number of rotatable bonds is 8. The van der Waals surface area contributed by atoms with Gasteiger partial charge in [0, 0.05) is 37.2 Å². The zero-order chi connectivity index (χ0) is 20.9. The van der Waals surface area contributed by atoms with E-state index in [4.69, 9.17) is 0 Å². The molecule has 0 saturated carbocycles. The molecule has 0 atom stereocenters. The van der Waals surface area contributed by atoms with Gasteiger partial charge in [0.15, 0.2) is 0 Å². The van der Waals surface area contributed by atoms with E-state index in [1.807, 2.05) is 0 Å². The van der Waals surface area contributed by atoms with Crippen LogP contribution in [-0.4, -0.2) is 44.1 Å². The number of hydrogen-bond acceptors (Lipinski definition) is 5. The lowest BCUT2D eigenvalue weighted by Gasteiger charge is -2.13. The molecule has 3 rings (SSSR count). The third-order valence-electron chi connectivity index (χ3n) is 4.45. The van der Waals surface area contributed by atoms with Gasteiger partial charge in [0.05, 0.1) is 4.90 Å². The summed E-state index contributed by atoms with van der Waals surface area (Å²) in [5.74, 6) is -0.714. The Bertz CT molecular complexity index is 988. The molecule has 0 radical (unpaired) electrons. The summed E-state index contributed by atoms with van der Waals surface area (Å²) in [5.41, 5.74) is 0.765. The summed E-state index contributed by atoms with van der Waals surface area (Å²) in [4.78, 5) is 36.5. The fourth-order valence-electron chi connectivity index (χ4n) is 2.92. The van der Waals surface area contributed by atoms with Gasteiger partial charge in [-0.1, -0.05) is 18.2 Å². The van der Waals surface area contributed by atoms with E-state index in [1.165, 1.54) is 29.2 Å². The SMILES string of the molecule is O=C(NCCCN1C(=O)CCC1=O)c1ccc(S(=O)(=O)Nc2ccccc2)cc1. The molecule has 1 heterocycles. The van der Waals surface area contributed by atoms with Gasteiger partial charge in [-0.25, -0.2) is 8.42 Å². The molecule has 152 valence electrons. The quantitative estimate of drug-likeness (QED) is 0.504. The van der Waals surface area contributed by atoms with Crippen molar-refractivity contribution in [2.75, 3.05) is 17.8 Å². The van der Waals surface area contributed by atoms with Gasteiger partial charge in [0.1, 0.15) is 0 Å². The van der Waals surface area contributed by atoms with E-state index in [9.17, 15) is 22.8 Å². The van der Waals surface area contributed by atoms with E-state index in [-0.39, 0.29) is 42.0 Å². The van der Waals surface area contributed by atoms with Gasteiger partial charge in [0.2, 0.25) is 11.8 Å². The van der Waals surface area contributed by atoms with E-state index in [2.05, 4.69) is 10.0 Å². The molecule has 0 unspecified atom stereocenters. The summed E-state index contributed by atoms with van der Waals surface area (Å²) in [7, 11) is -3.75. The van der Waals surface area contributed by atoms with Crippen LogP contribution in [0.5, 0.6) is 0 Å². The molecule has 0 aromatic heterocycles. The zero-order valence-corrected chi connectivity index (χ0v) is 16.4. The molecular formula is C20H21N3O5S. The highest BCUT2D eigenvalue weighted by Crippen LogP contribution is 2.16. The first-order valence-corrected chi connectivity index (χ1v) is 10.6. The summed E-state index contributed by atoms with van der Waals surface area (Å²) in [5, 5.41) is 2.70. The number of imide groups is 1. The lowest BCUT2D eigenvalue weighted by atomic mass is 10.2. The molecule has 9 heteroatoms. The lowest BCUT2D eigenvalue weighted by Crippen LogP contribution is -2.33. The van der Waals surface area contributed by atoms with Crippen LogP contribution in [0.4, 0.5) is 5.69 Å². The Kier molecular flexibility index (Phi) is 6.28. The predicted molar refractivity (Wildman–Crippen MR) is 107 cm³/mol. The Labute approximate surface area is 169 Å². The highest BCUT2D eigenvalue weighted by atomic mass is 32.2. The van der Waals surface area contributed by atoms with Crippen LogP contribution in [0, 0.1) is 0 Å². The maximum atomic E-state index is 12.4. The second kappa shape index (κ2) is 8.87. The van der Waals surface area contributed by atoms with Gasteiger partial charge in [0.25, 0.3) is 15.9 Å². The molecule has 1 aliphatic rings. The number of sulfonamides is 1. The third-order valence-corrected chi connectivity index (χ3v) is 5.85. The number of hydrogen-bond donors (Lipinski definition) is 2. The molecule has 2 aromatic rings. The Morgan fingerprint density at radius 1 is 0.931 bits per heavy atom. The molecule has 1 aliphatic heterocycles. The Hall–Kier alpha value is -3.20. The number of amides is 3. The van der Waals surface area contributed by atoms with E-state index < -0.39 is 10.0 Å². The van der Waals surface area contributed by atoms with Crippen LogP contribution in [0.2, 0.25) is 0 Å². The second-order valence-corrected chi connectivity index (χ2v) is 8.23. The minimum atomic E-state index is -3.75. The van der Waals surface area contributed by atoms with Gasteiger partial charge in [-0.15, -0.1) is 0 Å². The largest absolute Gasteiger partial charge is 0.352 e. The molecule has 2 aromatic carbocycles. The first-order chi connectivity index (χ1) is 13.9. The first-order valence-electron chi connectivity index (χ1n) is 9.16. The van der Waals surface area contributed by atoms with E-state index in [0.717, 1.165) is 0 Å². The van der Waals surface area contributed by atoms with Crippen molar-refractivity contribution in [1.82, 2.24) is 10.2 Å². The van der Waals surface area contributed by atoms with Crippen LogP contribution >= 0.6 is 0 Å². The molecule has 1 saturated heterocycles. The van der Waals surface area contributed by atoms with Crippen molar-refractivity contribution in [1.29, 1.82) is 0 Å². The van der Waals surface area contributed by atoms with Crippen molar-refractivity contribution in [2.24, 2.45) is 0 Å². The van der Waals surface area contributed by atoms with Crippen LogP contribution in [0.1, 0.15) is 29.6 Å². The van der Waals surface area contributed by atoms with E-state index >= 15 is 0 Å². The fourth-order valence-corrected chi connectivity index (χ4v) is 3.98. The summed E-state index contributed by atoms with van der Waals surface area (Å²) in [6, 6.07) is 14.1. The van der Waals surface area contributed by atoms with Crippen LogP contribution in [-0.2, 0) is 19.6 Å². The fraction of sp³-hybridized carbons (Fsp3) is 0.250. The summed E-state index contributed by atoms with van der Waals surface area (Å²) < 4.78 is 27.3. The normalized spacial score (nSPS) is 14.1. The van der Waals surface area contributed by atoms with Crippen LogP contribution in [0.25, 0.3) is 0 Å². The maximum absolute atomic E-state index is 12.4. The highest BCUT2D eigenvalue weighted by molar-refractivity contribution is 7.92. The predicted octanol–water partition coefficient (Wildman–Crippen LogP) is 1.76. The summed E-state index contributed by atoms with van der Waals surface area (Å²) in [6.07, 6.45) is 0.954. The van der Waals surface area contributed by atoms with Gasteiger partial charge in [-0.2, -0.15) is 0 Å². The molecule has 1 fully saturated rings. The average molecular weight is 415 g/mol. The minimum absolute atomic E-state index is 0.0453. The maximum Gasteiger partial charge on any atom is 0.261 e. The van der Waals surface area contributed by atoms with Gasteiger partial charge < -0.3 is 5.32 Å². The minimum Gasteiger partial charge on any atom is -0.352 e. The number of nitrogens with one attached hydrogen (secondary N) is 2. The first kappa shape index (κ1) is 20.5. The van der Waals surface area contributed by atoms with E-state index in [1.54, 1.807) is 30.3 Å². The highest BCUT2D eigenvalue weighted by Gasteiger charge is 2.27. The van der Waals surface area contributed by atoms with Crippen LogP contribution < -0.4 is 10.0 Å². The van der Waals surface area contributed by atoms with Gasteiger partial charge >= 0.3 is 0 Å². The Morgan fingerprint density at radius 3 is 2.17 bits per heavy atom. The van der Waals surface area contributed by atoms with Gasteiger partial charge in [-0.3, -0.25) is 24.0 Å². The molecule has 0 aliphatic carbocycles. The molecule has 29 heavy (non-hydrogen) atoms. The van der Waals surface area contributed by atoms with Crippen molar-refractivity contribution >= 4 is 33.4 Å².